The van der Waals surface area contributed by atoms with Crippen molar-refractivity contribution >= 4 is 16.7 Å². The van der Waals surface area contributed by atoms with Gasteiger partial charge in [-0.2, -0.15) is 5.10 Å². The molecule has 0 bridgehead atoms. The van der Waals surface area contributed by atoms with Gasteiger partial charge in [0.05, 0.1) is 5.39 Å². The predicted molar refractivity (Wildman–Crippen MR) is 88.4 cm³/mol. The Kier molecular flexibility index (Phi) is 3.63. The molecule has 1 aromatic heterocycles. The van der Waals surface area contributed by atoms with Gasteiger partial charge in [-0.15, -0.1) is 0 Å². The SMILES string of the molecule is O=C(c1n[nH]c(=O)c2ccccc12)N1CCC[C@@H]1C1CCCC1. The van der Waals surface area contributed by atoms with E-state index in [4.69, 9.17) is 0 Å². The van der Waals surface area contributed by atoms with Gasteiger partial charge >= 0.3 is 0 Å². The van der Waals surface area contributed by atoms with Crippen LogP contribution in [0, 0.1) is 5.92 Å². The third-order valence-corrected chi connectivity index (χ3v) is 5.40. The van der Waals surface area contributed by atoms with Gasteiger partial charge in [-0.3, -0.25) is 9.59 Å². The van der Waals surface area contributed by atoms with Crippen LogP contribution in [-0.2, 0) is 0 Å². The lowest BCUT2D eigenvalue weighted by Crippen LogP contribution is -2.40. The summed E-state index contributed by atoms with van der Waals surface area (Å²) in [4.78, 5) is 27.0. The maximum atomic E-state index is 13.1. The Hall–Kier alpha value is -2.17. The summed E-state index contributed by atoms with van der Waals surface area (Å²) in [6, 6.07) is 7.55. The summed E-state index contributed by atoms with van der Waals surface area (Å²) in [5.74, 6) is 0.599. The van der Waals surface area contributed by atoms with E-state index < -0.39 is 0 Å². The first kappa shape index (κ1) is 14.4. The van der Waals surface area contributed by atoms with Crippen molar-refractivity contribution in [2.75, 3.05) is 6.54 Å². The van der Waals surface area contributed by atoms with Crippen LogP contribution >= 0.6 is 0 Å². The molecule has 23 heavy (non-hydrogen) atoms. The van der Waals surface area contributed by atoms with E-state index in [2.05, 4.69) is 10.2 Å². The zero-order valence-electron chi connectivity index (χ0n) is 13.1. The van der Waals surface area contributed by atoms with Gasteiger partial charge in [-0.25, -0.2) is 5.10 Å². The van der Waals surface area contributed by atoms with Crippen molar-refractivity contribution in [2.24, 2.45) is 5.92 Å². The van der Waals surface area contributed by atoms with Gasteiger partial charge in [0.25, 0.3) is 11.5 Å². The lowest BCUT2D eigenvalue weighted by Gasteiger charge is -2.29. The van der Waals surface area contributed by atoms with Crippen molar-refractivity contribution in [3.8, 4) is 0 Å². The number of hydrogen-bond donors (Lipinski definition) is 1. The number of nitrogens with zero attached hydrogens (tertiary/aromatic N) is 2. The van der Waals surface area contributed by atoms with Crippen molar-refractivity contribution in [1.82, 2.24) is 15.1 Å². The highest BCUT2D eigenvalue weighted by molar-refractivity contribution is 6.04. The van der Waals surface area contributed by atoms with E-state index in [0.29, 0.717) is 28.4 Å². The number of carbonyl (C=O) groups excluding carboxylic acids is 1. The zero-order chi connectivity index (χ0) is 15.8. The van der Waals surface area contributed by atoms with Gasteiger partial charge in [-0.05, 0) is 37.7 Å². The minimum atomic E-state index is -0.245. The van der Waals surface area contributed by atoms with Crippen LogP contribution in [0.5, 0.6) is 0 Å². The smallest absolute Gasteiger partial charge is 0.275 e. The highest BCUT2D eigenvalue weighted by atomic mass is 16.2. The van der Waals surface area contributed by atoms with Gasteiger partial charge in [-0.1, -0.05) is 31.0 Å². The van der Waals surface area contributed by atoms with Crippen molar-refractivity contribution < 1.29 is 4.79 Å². The van der Waals surface area contributed by atoms with Crippen LogP contribution in [0.2, 0.25) is 0 Å². The van der Waals surface area contributed by atoms with Crippen molar-refractivity contribution in [3.63, 3.8) is 0 Å². The Labute approximate surface area is 134 Å². The van der Waals surface area contributed by atoms with Gasteiger partial charge < -0.3 is 4.90 Å². The van der Waals surface area contributed by atoms with E-state index in [0.717, 1.165) is 19.4 Å². The van der Waals surface area contributed by atoms with Crippen LogP contribution in [0.25, 0.3) is 10.8 Å². The Morgan fingerprint density at radius 2 is 1.83 bits per heavy atom. The fraction of sp³-hybridized carbons (Fsp3) is 0.500. The minimum absolute atomic E-state index is 0.0353. The van der Waals surface area contributed by atoms with E-state index in [1.165, 1.54) is 25.7 Å². The molecule has 1 aliphatic heterocycles. The van der Waals surface area contributed by atoms with Gasteiger partial charge in [0.15, 0.2) is 5.69 Å². The molecule has 0 spiro atoms. The molecule has 1 atom stereocenters. The summed E-state index contributed by atoms with van der Waals surface area (Å²) in [6.45, 7) is 0.801. The molecule has 5 nitrogen and oxygen atoms in total. The standard InChI is InChI=1S/C18H21N3O2/c22-17-14-9-4-3-8-13(14)16(19-20-17)18(23)21-11-5-10-15(21)12-6-1-2-7-12/h3-4,8-9,12,15H,1-2,5-7,10-11H2,(H,20,22)/t15-/m1/s1. The Bertz CT molecular complexity index is 792. The highest BCUT2D eigenvalue weighted by Gasteiger charge is 2.37. The van der Waals surface area contributed by atoms with Crippen molar-refractivity contribution in [1.29, 1.82) is 0 Å². The molecule has 1 saturated carbocycles. The second kappa shape index (κ2) is 5.80. The van der Waals surface area contributed by atoms with E-state index in [9.17, 15) is 9.59 Å². The molecule has 2 fully saturated rings. The molecule has 1 saturated heterocycles. The molecule has 2 aliphatic rings. The Balaban J connectivity index is 1.71. The molecule has 1 aliphatic carbocycles. The third-order valence-electron chi connectivity index (χ3n) is 5.40. The van der Waals surface area contributed by atoms with Crippen LogP contribution < -0.4 is 5.56 Å². The summed E-state index contributed by atoms with van der Waals surface area (Å²) >= 11 is 0. The summed E-state index contributed by atoms with van der Waals surface area (Å²) in [6.07, 6.45) is 7.18. The lowest BCUT2D eigenvalue weighted by molar-refractivity contribution is 0.0684. The van der Waals surface area contributed by atoms with Gasteiger partial charge in [0.2, 0.25) is 0 Å². The average molecular weight is 311 g/mol. The third kappa shape index (κ3) is 2.44. The fourth-order valence-corrected chi connectivity index (χ4v) is 4.29. The molecule has 1 N–H and O–H groups in total. The van der Waals surface area contributed by atoms with Crippen LogP contribution in [0.1, 0.15) is 49.0 Å². The maximum absolute atomic E-state index is 13.1. The molecule has 2 heterocycles. The summed E-state index contributed by atoms with van der Waals surface area (Å²) in [5.41, 5.74) is 0.135. The molecule has 0 unspecified atom stereocenters. The van der Waals surface area contributed by atoms with Gasteiger partial charge in [0.1, 0.15) is 0 Å². The number of aromatic nitrogens is 2. The van der Waals surface area contributed by atoms with E-state index in [-0.39, 0.29) is 11.5 Å². The molecule has 1 aromatic carbocycles. The topological polar surface area (TPSA) is 66.1 Å². The normalized spacial score (nSPS) is 22.1. The number of nitrogens with one attached hydrogen (secondary N) is 1. The molecular weight excluding hydrogens is 290 g/mol. The maximum Gasteiger partial charge on any atom is 0.275 e. The van der Waals surface area contributed by atoms with Crippen molar-refractivity contribution in [3.05, 3.63) is 40.3 Å². The van der Waals surface area contributed by atoms with Gasteiger partial charge in [0, 0.05) is 18.0 Å². The monoisotopic (exact) mass is 311 g/mol. The first-order valence-electron chi connectivity index (χ1n) is 8.54. The number of benzene rings is 1. The number of rotatable bonds is 2. The first-order chi connectivity index (χ1) is 11.3. The highest BCUT2D eigenvalue weighted by Crippen LogP contribution is 2.36. The number of carbonyl (C=O) groups is 1. The summed E-state index contributed by atoms with van der Waals surface area (Å²) in [7, 11) is 0. The Morgan fingerprint density at radius 3 is 2.61 bits per heavy atom. The van der Waals surface area contributed by atoms with Crippen LogP contribution in [0.3, 0.4) is 0 Å². The number of aromatic amines is 1. The number of H-pyrrole nitrogens is 1. The predicted octanol–water partition coefficient (Wildman–Crippen LogP) is 2.72. The van der Waals surface area contributed by atoms with E-state index in [1.807, 2.05) is 23.1 Å². The molecule has 120 valence electrons. The molecule has 0 radical (unpaired) electrons. The number of hydrogen-bond acceptors (Lipinski definition) is 3. The van der Waals surface area contributed by atoms with Crippen LogP contribution in [0.15, 0.2) is 29.1 Å². The largest absolute Gasteiger partial charge is 0.334 e. The fourth-order valence-electron chi connectivity index (χ4n) is 4.29. The summed E-state index contributed by atoms with van der Waals surface area (Å²) in [5, 5.41) is 7.74. The molecule has 2 aromatic rings. The quantitative estimate of drug-likeness (QED) is 0.927. The number of amides is 1. The first-order valence-corrected chi connectivity index (χ1v) is 8.54. The molecular formula is C18H21N3O2. The second-order valence-corrected chi connectivity index (χ2v) is 6.70. The summed E-state index contributed by atoms with van der Waals surface area (Å²) < 4.78 is 0. The molecule has 4 rings (SSSR count). The minimum Gasteiger partial charge on any atom is -0.334 e. The van der Waals surface area contributed by atoms with Crippen LogP contribution in [0.4, 0.5) is 0 Å². The molecule has 5 heteroatoms. The van der Waals surface area contributed by atoms with E-state index in [1.54, 1.807) is 6.07 Å². The lowest BCUT2D eigenvalue weighted by atomic mass is 9.95. The Morgan fingerprint density at radius 1 is 1.09 bits per heavy atom. The van der Waals surface area contributed by atoms with E-state index >= 15 is 0 Å². The van der Waals surface area contributed by atoms with Crippen molar-refractivity contribution in [2.45, 2.75) is 44.6 Å². The number of fused-ring (bicyclic) bond motifs is 1. The average Bonchev–Trinajstić information content (AvgIpc) is 3.26. The van der Waals surface area contributed by atoms with Crippen LogP contribution in [-0.4, -0.2) is 33.6 Å². The second-order valence-electron chi connectivity index (χ2n) is 6.70. The number of likely N-dealkylation sites (tertiary alicyclic amines) is 1. The molecule has 1 amide bonds. The zero-order valence-corrected chi connectivity index (χ0v) is 13.1.